The van der Waals surface area contributed by atoms with E-state index in [0.29, 0.717) is 5.70 Å². The number of carbonyl (C=O) groups is 1. The lowest BCUT2D eigenvalue weighted by molar-refractivity contribution is -0.115. The Morgan fingerprint density at radius 3 is 2.80 bits per heavy atom. The Kier molecular flexibility index (Phi) is 1.76. The van der Waals surface area contributed by atoms with E-state index in [1.165, 1.54) is 0 Å². The average Bonchev–Trinajstić information content (AvgIpc) is 1.88. The van der Waals surface area contributed by atoms with Gasteiger partial charge in [0, 0.05) is 20.2 Å². The van der Waals surface area contributed by atoms with Crippen molar-refractivity contribution in [3.05, 3.63) is 24.0 Å². The molecule has 0 saturated carbocycles. The zero-order chi connectivity index (χ0) is 7.56. The van der Waals surface area contributed by atoms with Gasteiger partial charge in [-0.1, -0.05) is 0 Å². The molecular formula is C7H10N2O. The lowest BCUT2D eigenvalue weighted by atomic mass is 10.2. The molecule has 0 amide bonds. The van der Waals surface area contributed by atoms with Crippen LogP contribution in [-0.4, -0.2) is 17.8 Å². The van der Waals surface area contributed by atoms with E-state index in [1.807, 2.05) is 0 Å². The van der Waals surface area contributed by atoms with Crippen LogP contribution in [0.4, 0.5) is 0 Å². The van der Waals surface area contributed by atoms with Crippen LogP contribution in [-0.2, 0) is 4.79 Å². The quantitative estimate of drug-likeness (QED) is 0.570. The van der Waals surface area contributed by atoms with Gasteiger partial charge in [-0.25, -0.2) is 0 Å². The molecule has 1 aliphatic rings. The number of nitrogens with one attached hydrogen (secondary N) is 1. The van der Waals surface area contributed by atoms with Gasteiger partial charge in [0.05, 0.1) is 5.70 Å². The van der Waals surface area contributed by atoms with Crippen LogP contribution >= 0.6 is 0 Å². The van der Waals surface area contributed by atoms with E-state index in [0.717, 1.165) is 0 Å². The van der Waals surface area contributed by atoms with Crippen molar-refractivity contribution in [3.63, 3.8) is 0 Å². The van der Waals surface area contributed by atoms with Crippen LogP contribution in [0.1, 0.15) is 6.92 Å². The summed E-state index contributed by atoms with van der Waals surface area (Å²) in [5.41, 5.74) is 3.56. The summed E-state index contributed by atoms with van der Waals surface area (Å²) in [5.74, 6) is 0.0688. The van der Waals surface area contributed by atoms with Gasteiger partial charge in [-0.2, -0.15) is 0 Å². The van der Waals surface area contributed by atoms with Gasteiger partial charge in [0.25, 0.3) is 0 Å². The molecule has 0 bridgehead atoms. The second kappa shape index (κ2) is 2.56. The molecule has 10 heavy (non-hydrogen) atoms. The number of carbonyl (C=O) groups excluding carboxylic acids is 1. The minimum Gasteiger partial charge on any atom is -0.306 e. The molecule has 1 rings (SSSR count). The fraction of sp³-hybridized carbons (Fsp3) is 0.286. The van der Waals surface area contributed by atoms with Crippen LogP contribution in [0.5, 0.6) is 0 Å². The number of allylic oxidation sites excluding steroid dienone is 3. The van der Waals surface area contributed by atoms with E-state index in [2.05, 4.69) is 5.43 Å². The molecule has 3 heteroatoms. The van der Waals surface area contributed by atoms with E-state index in [1.54, 1.807) is 37.3 Å². The van der Waals surface area contributed by atoms with Crippen molar-refractivity contribution in [2.75, 3.05) is 7.05 Å². The third-order valence-corrected chi connectivity index (χ3v) is 1.34. The summed E-state index contributed by atoms with van der Waals surface area (Å²) in [6.45, 7) is 1.54. The molecule has 0 radical (unpaired) electrons. The van der Waals surface area contributed by atoms with E-state index in [-0.39, 0.29) is 5.78 Å². The van der Waals surface area contributed by atoms with Gasteiger partial charge >= 0.3 is 0 Å². The monoisotopic (exact) mass is 138 g/mol. The number of likely N-dealkylation sites (N-methyl/N-ethyl adjacent to an activating group) is 1. The highest BCUT2D eigenvalue weighted by Gasteiger charge is 2.08. The fourth-order valence-electron chi connectivity index (χ4n) is 0.829. The Hall–Kier alpha value is -1.25. The van der Waals surface area contributed by atoms with Gasteiger partial charge in [0.1, 0.15) is 0 Å². The summed E-state index contributed by atoms with van der Waals surface area (Å²) >= 11 is 0. The lowest BCUT2D eigenvalue weighted by Gasteiger charge is -2.22. The van der Waals surface area contributed by atoms with Crippen LogP contribution in [0.3, 0.4) is 0 Å². The summed E-state index contributed by atoms with van der Waals surface area (Å²) in [6, 6.07) is 0. The summed E-state index contributed by atoms with van der Waals surface area (Å²) in [7, 11) is 1.80. The van der Waals surface area contributed by atoms with E-state index >= 15 is 0 Å². The number of ketones is 1. The molecule has 1 heterocycles. The standard InChI is InChI=1S/C7H10N2O/c1-6(10)7-4-3-5-8-9(7)2/h3-5,8H,1-2H3. The predicted molar refractivity (Wildman–Crippen MR) is 38.8 cm³/mol. The molecule has 54 valence electrons. The first kappa shape index (κ1) is 6.86. The minimum atomic E-state index is 0.0688. The van der Waals surface area contributed by atoms with Crippen molar-refractivity contribution >= 4 is 5.78 Å². The molecule has 3 nitrogen and oxygen atoms in total. The Morgan fingerprint density at radius 1 is 1.70 bits per heavy atom. The highest BCUT2D eigenvalue weighted by atomic mass is 16.1. The van der Waals surface area contributed by atoms with Crippen molar-refractivity contribution < 1.29 is 4.79 Å². The molecule has 0 aromatic carbocycles. The summed E-state index contributed by atoms with van der Waals surface area (Å²) in [4.78, 5) is 10.8. The second-order valence-electron chi connectivity index (χ2n) is 2.16. The van der Waals surface area contributed by atoms with Gasteiger partial charge < -0.3 is 5.43 Å². The molecule has 0 aromatic heterocycles. The van der Waals surface area contributed by atoms with Crippen LogP contribution in [0, 0.1) is 0 Å². The Labute approximate surface area is 60.0 Å². The van der Waals surface area contributed by atoms with Crippen LogP contribution < -0.4 is 5.43 Å². The first-order valence-electron chi connectivity index (χ1n) is 3.09. The van der Waals surface area contributed by atoms with Gasteiger partial charge in [0.15, 0.2) is 5.78 Å². The highest BCUT2D eigenvalue weighted by molar-refractivity contribution is 5.92. The Morgan fingerprint density at radius 2 is 2.40 bits per heavy atom. The van der Waals surface area contributed by atoms with Crippen LogP contribution in [0.2, 0.25) is 0 Å². The van der Waals surface area contributed by atoms with Gasteiger partial charge in [-0.3, -0.25) is 9.80 Å². The largest absolute Gasteiger partial charge is 0.306 e. The summed E-state index contributed by atoms with van der Waals surface area (Å²) in [5, 5.41) is 1.68. The maximum Gasteiger partial charge on any atom is 0.177 e. The molecule has 0 atom stereocenters. The highest BCUT2D eigenvalue weighted by Crippen LogP contribution is 2.03. The van der Waals surface area contributed by atoms with Crippen molar-refractivity contribution in [1.82, 2.24) is 10.4 Å². The molecular weight excluding hydrogens is 128 g/mol. The molecule has 0 unspecified atom stereocenters. The van der Waals surface area contributed by atoms with Crippen molar-refractivity contribution in [2.24, 2.45) is 0 Å². The molecule has 0 fully saturated rings. The first-order chi connectivity index (χ1) is 4.72. The Balaban J connectivity index is 2.80. The molecule has 1 N–H and O–H groups in total. The molecule has 0 aromatic rings. The number of hydrogen-bond donors (Lipinski definition) is 1. The van der Waals surface area contributed by atoms with Gasteiger partial charge in [-0.05, 0) is 12.2 Å². The molecule has 1 aliphatic heterocycles. The first-order valence-corrected chi connectivity index (χ1v) is 3.09. The topological polar surface area (TPSA) is 32.3 Å². The number of rotatable bonds is 1. The van der Waals surface area contributed by atoms with Gasteiger partial charge in [0.2, 0.25) is 0 Å². The second-order valence-corrected chi connectivity index (χ2v) is 2.16. The maximum absolute atomic E-state index is 10.8. The summed E-state index contributed by atoms with van der Waals surface area (Å²) in [6.07, 6.45) is 5.35. The SMILES string of the molecule is CC(=O)C1=CC=CNN1C. The number of hydrazine groups is 1. The third kappa shape index (κ3) is 1.18. The van der Waals surface area contributed by atoms with Crippen LogP contribution in [0.25, 0.3) is 0 Å². The predicted octanol–water partition coefficient (Wildman–Crippen LogP) is 0.423. The van der Waals surface area contributed by atoms with E-state index in [9.17, 15) is 4.79 Å². The Bertz CT molecular complexity index is 206. The van der Waals surface area contributed by atoms with Crippen molar-refractivity contribution in [3.8, 4) is 0 Å². The van der Waals surface area contributed by atoms with E-state index < -0.39 is 0 Å². The maximum atomic E-state index is 10.8. The minimum absolute atomic E-state index is 0.0688. The third-order valence-electron chi connectivity index (χ3n) is 1.34. The fourth-order valence-corrected chi connectivity index (χ4v) is 0.829. The van der Waals surface area contributed by atoms with Gasteiger partial charge in [-0.15, -0.1) is 0 Å². The average molecular weight is 138 g/mol. The number of nitrogens with zero attached hydrogens (tertiary/aromatic N) is 1. The number of Topliss-reactive ketones (excluding diaryl/α,β-unsaturated/α-hetero) is 1. The zero-order valence-electron chi connectivity index (χ0n) is 6.09. The number of hydrogen-bond acceptors (Lipinski definition) is 3. The molecule has 0 aliphatic carbocycles. The normalized spacial score (nSPS) is 16.2. The smallest absolute Gasteiger partial charge is 0.177 e. The lowest BCUT2D eigenvalue weighted by Crippen LogP contribution is -2.33. The molecule has 0 spiro atoms. The van der Waals surface area contributed by atoms with E-state index in [4.69, 9.17) is 0 Å². The zero-order valence-corrected chi connectivity index (χ0v) is 6.09. The van der Waals surface area contributed by atoms with Crippen molar-refractivity contribution in [2.45, 2.75) is 6.92 Å². The van der Waals surface area contributed by atoms with Crippen molar-refractivity contribution in [1.29, 1.82) is 0 Å². The summed E-state index contributed by atoms with van der Waals surface area (Å²) < 4.78 is 0. The molecule has 0 saturated heterocycles. The van der Waals surface area contributed by atoms with Crippen LogP contribution in [0.15, 0.2) is 24.0 Å².